The summed E-state index contributed by atoms with van der Waals surface area (Å²) in [6.45, 7) is 3.83. The molecule has 3 heteroatoms. The molecule has 18 heavy (non-hydrogen) atoms. The second-order valence-corrected chi connectivity index (χ2v) is 5.99. The van der Waals surface area contributed by atoms with Crippen LogP contribution in [0.4, 0.5) is 0 Å². The van der Waals surface area contributed by atoms with E-state index in [4.69, 9.17) is 0 Å². The molecule has 0 amide bonds. The Kier molecular flexibility index (Phi) is 5.26. The molecule has 0 aliphatic carbocycles. The van der Waals surface area contributed by atoms with E-state index in [2.05, 4.69) is 29.2 Å². The maximum absolute atomic E-state index is 11.6. The van der Waals surface area contributed by atoms with E-state index in [9.17, 15) is 4.79 Å². The van der Waals surface area contributed by atoms with Crippen molar-refractivity contribution in [2.75, 3.05) is 18.8 Å². The van der Waals surface area contributed by atoms with Gasteiger partial charge in [0.25, 0.3) is 0 Å². The summed E-state index contributed by atoms with van der Waals surface area (Å²) in [4.78, 5) is 15.3. The van der Waals surface area contributed by atoms with Crippen LogP contribution in [0.5, 0.6) is 0 Å². The van der Waals surface area contributed by atoms with E-state index in [0.717, 1.165) is 25.3 Å². The van der Waals surface area contributed by atoms with E-state index in [0.29, 0.717) is 5.78 Å². The summed E-state index contributed by atoms with van der Waals surface area (Å²) in [5.74, 6) is 1.40. The molecule has 0 saturated carbocycles. The molecule has 0 aromatic heterocycles. The summed E-state index contributed by atoms with van der Waals surface area (Å²) in [5, 5.41) is 0. The Morgan fingerprint density at radius 3 is 2.83 bits per heavy atom. The average Bonchev–Trinajstić information content (AvgIpc) is 2.40. The van der Waals surface area contributed by atoms with E-state index >= 15 is 0 Å². The van der Waals surface area contributed by atoms with Gasteiger partial charge in [0, 0.05) is 17.2 Å². The third-order valence-electron chi connectivity index (χ3n) is 3.47. The number of rotatable bonds is 5. The summed E-state index contributed by atoms with van der Waals surface area (Å²) in [5.41, 5.74) is 0. The van der Waals surface area contributed by atoms with Crippen LogP contribution in [0.15, 0.2) is 35.2 Å². The minimum Gasteiger partial charge on any atom is -0.298 e. The van der Waals surface area contributed by atoms with Gasteiger partial charge in [-0.05, 0) is 38.4 Å². The number of ketones is 1. The second kappa shape index (κ2) is 6.95. The van der Waals surface area contributed by atoms with Crippen molar-refractivity contribution < 1.29 is 4.79 Å². The third kappa shape index (κ3) is 3.85. The van der Waals surface area contributed by atoms with Gasteiger partial charge in [0.1, 0.15) is 5.78 Å². The lowest BCUT2D eigenvalue weighted by Gasteiger charge is -2.33. The molecule has 1 saturated heterocycles. The third-order valence-corrected chi connectivity index (χ3v) is 4.47. The molecule has 1 aromatic rings. The first kappa shape index (κ1) is 13.6. The van der Waals surface area contributed by atoms with Crippen LogP contribution in [0, 0.1) is 0 Å². The van der Waals surface area contributed by atoms with Gasteiger partial charge in [-0.3, -0.25) is 9.69 Å². The Morgan fingerprint density at radius 2 is 2.11 bits per heavy atom. The standard InChI is InChI=1S/C15H21NOS/c1-13(17)15-9-5-6-10-16(15)11-12-18-14-7-3-2-4-8-14/h2-4,7-8,15H,5-6,9-12H2,1H3. The van der Waals surface area contributed by atoms with Crippen LogP contribution >= 0.6 is 11.8 Å². The lowest BCUT2D eigenvalue weighted by atomic mass is 9.99. The highest BCUT2D eigenvalue weighted by Gasteiger charge is 2.25. The molecule has 1 atom stereocenters. The summed E-state index contributed by atoms with van der Waals surface area (Å²) < 4.78 is 0. The molecule has 1 aliphatic heterocycles. The van der Waals surface area contributed by atoms with Crippen molar-refractivity contribution in [3.63, 3.8) is 0 Å². The van der Waals surface area contributed by atoms with Crippen molar-refractivity contribution in [1.82, 2.24) is 4.90 Å². The van der Waals surface area contributed by atoms with E-state index in [1.807, 2.05) is 17.8 Å². The van der Waals surface area contributed by atoms with Crippen LogP contribution < -0.4 is 0 Å². The SMILES string of the molecule is CC(=O)C1CCCCN1CCSc1ccccc1. The molecule has 2 nitrogen and oxygen atoms in total. The van der Waals surface area contributed by atoms with Crippen LogP contribution in [-0.2, 0) is 4.79 Å². The van der Waals surface area contributed by atoms with Crippen molar-refractivity contribution in [2.45, 2.75) is 37.1 Å². The molecule has 1 aromatic carbocycles. The van der Waals surface area contributed by atoms with Crippen molar-refractivity contribution in [1.29, 1.82) is 0 Å². The van der Waals surface area contributed by atoms with Crippen molar-refractivity contribution in [3.05, 3.63) is 30.3 Å². The molecule has 1 fully saturated rings. The molecule has 98 valence electrons. The Balaban J connectivity index is 1.79. The average molecular weight is 263 g/mol. The Morgan fingerprint density at radius 1 is 1.33 bits per heavy atom. The van der Waals surface area contributed by atoms with Crippen LogP contribution in [-0.4, -0.2) is 35.6 Å². The molecule has 1 unspecified atom stereocenters. The molecular weight excluding hydrogens is 242 g/mol. The molecule has 0 spiro atoms. The fourth-order valence-corrected chi connectivity index (χ4v) is 3.43. The highest BCUT2D eigenvalue weighted by Crippen LogP contribution is 2.21. The molecule has 0 N–H and O–H groups in total. The zero-order valence-electron chi connectivity index (χ0n) is 11.0. The van der Waals surface area contributed by atoms with Crippen LogP contribution in [0.1, 0.15) is 26.2 Å². The van der Waals surface area contributed by atoms with Gasteiger partial charge in [-0.1, -0.05) is 24.6 Å². The van der Waals surface area contributed by atoms with E-state index in [1.165, 1.54) is 17.7 Å². The van der Waals surface area contributed by atoms with Gasteiger partial charge in [0.15, 0.2) is 0 Å². The van der Waals surface area contributed by atoms with Gasteiger partial charge in [0.05, 0.1) is 6.04 Å². The summed E-state index contributed by atoms with van der Waals surface area (Å²) in [6, 6.07) is 10.6. The number of likely N-dealkylation sites (tertiary alicyclic amines) is 1. The molecule has 0 radical (unpaired) electrons. The fraction of sp³-hybridized carbons (Fsp3) is 0.533. The summed E-state index contributed by atoms with van der Waals surface area (Å²) in [7, 11) is 0. The first-order chi connectivity index (χ1) is 8.77. The van der Waals surface area contributed by atoms with E-state index in [1.54, 1.807) is 6.92 Å². The Bertz CT molecular complexity index is 379. The summed E-state index contributed by atoms with van der Waals surface area (Å²) in [6.07, 6.45) is 3.48. The number of carbonyl (C=O) groups excluding carboxylic acids is 1. The Hall–Kier alpha value is -0.800. The van der Waals surface area contributed by atoms with Crippen molar-refractivity contribution in [2.24, 2.45) is 0 Å². The molecule has 0 bridgehead atoms. The lowest BCUT2D eigenvalue weighted by molar-refractivity contribution is -0.123. The lowest BCUT2D eigenvalue weighted by Crippen LogP contribution is -2.44. The number of hydrogen-bond acceptors (Lipinski definition) is 3. The zero-order valence-corrected chi connectivity index (χ0v) is 11.8. The van der Waals surface area contributed by atoms with E-state index in [-0.39, 0.29) is 6.04 Å². The molecule has 1 aliphatic rings. The maximum atomic E-state index is 11.6. The van der Waals surface area contributed by atoms with Gasteiger partial charge in [-0.2, -0.15) is 0 Å². The van der Waals surface area contributed by atoms with E-state index < -0.39 is 0 Å². The molecular formula is C15H21NOS. The van der Waals surface area contributed by atoms with Crippen molar-refractivity contribution in [3.8, 4) is 0 Å². The number of piperidine rings is 1. The smallest absolute Gasteiger partial charge is 0.146 e. The number of hydrogen-bond donors (Lipinski definition) is 0. The number of nitrogens with zero attached hydrogens (tertiary/aromatic N) is 1. The normalized spacial score (nSPS) is 20.8. The topological polar surface area (TPSA) is 20.3 Å². The van der Waals surface area contributed by atoms with Gasteiger partial charge < -0.3 is 0 Å². The van der Waals surface area contributed by atoms with Gasteiger partial charge in [-0.25, -0.2) is 0 Å². The number of benzene rings is 1. The molecule has 1 heterocycles. The molecule has 2 rings (SSSR count). The van der Waals surface area contributed by atoms with Crippen molar-refractivity contribution >= 4 is 17.5 Å². The minimum absolute atomic E-state index is 0.176. The van der Waals surface area contributed by atoms with Crippen LogP contribution in [0.2, 0.25) is 0 Å². The highest BCUT2D eigenvalue weighted by atomic mass is 32.2. The largest absolute Gasteiger partial charge is 0.298 e. The first-order valence-electron chi connectivity index (χ1n) is 6.70. The number of carbonyl (C=O) groups is 1. The van der Waals surface area contributed by atoms with Gasteiger partial charge in [-0.15, -0.1) is 11.8 Å². The number of Topliss-reactive ketones (excluding diaryl/α,β-unsaturated/α-hetero) is 1. The monoisotopic (exact) mass is 263 g/mol. The Labute approximate surface area is 114 Å². The number of thioether (sulfide) groups is 1. The minimum atomic E-state index is 0.176. The highest BCUT2D eigenvalue weighted by molar-refractivity contribution is 7.99. The first-order valence-corrected chi connectivity index (χ1v) is 7.68. The zero-order chi connectivity index (χ0) is 12.8. The second-order valence-electron chi connectivity index (χ2n) is 4.82. The van der Waals surface area contributed by atoms with Crippen LogP contribution in [0.3, 0.4) is 0 Å². The fourth-order valence-electron chi connectivity index (χ4n) is 2.52. The maximum Gasteiger partial charge on any atom is 0.146 e. The van der Waals surface area contributed by atoms with Crippen LogP contribution in [0.25, 0.3) is 0 Å². The predicted molar refractivity (Wildman–Crippen MR) is 77.1 cm³/mol. The van der Waals surface area contributed by atoms with Gasteiger partial charge >= 0.3 is 0 Å². The predicted octanol–water partition coefficient (Wildman–Crippen LogP) is 3.22. The van der Waals surface area contributed by atoms with Gasteiger partial charge in [0.2, 0.25) is 0 Å². The quantitative estimate of drug-likeness (QED) is 0.761. The summed E-state index contributed by atoms with van der Waals surface area (Å²) >= 11 is 1.87.